The number of ether oxygens (including phenoxy) is 1. The maximum Gasteiger partial charge on any atom is 0.171 e. The van der Waals surface area contributed by atoms with E-state index in [9.17, 15) is 4.79 Å². The summed E-state index contributed by atoms with van der Waals surface area (Å²) in [6.45, 7) is 3.41. The molecule has 3 rings (SSSR count). The molecule has 0 bridgehead atoms. The van der Waals surface area contributed by atoms with E-state index in [0.29, 0.717) is 24.3 Å². The number of fused-ring (bicyclic) bond motifs is 1. The molecule has 0 atom stereocenters. The number of carbonyl (C=O) groups is 1. The molecule has 0 radical (unpaired) electrons. The van der Waals surface area contributed by atoms with Gasteiger partial charge in [-0.3, -0.25) is 4.79 Å². The van der Waals surface area contributed by atoms with Gasteiger partial charge in [-0.2, -0.15) is 0 Å². The van der Waals surface area contributed by atoms with E-state index in [1.165, 1.54) is 5.56 Å². The first-order valence-electron chi connectivity index (χ1n) is 6.82. The number of rotatable bonds is 3. The summed E-state index contributed by atoms with van der Waals surface area (Å²) in [5, 5.41) is 3.25. The number of anilines is 1. The number of benzene rings is 2. The fraction of sp³-hybridized carbons (Fsp3) is 0.235. The van der Waals surface area contributed by atoms with Gasteiger partial charge in [0.2, 0.25) is 0 Å². The first-order chi connectivity index (χ1) is 9.74. The average Bonchev–Trinajstić information content (AvgIpc) is 2.46. The number of nitrogens with one attached hydrogen (secondary N) is 1. The van der Waals surface area contributed by atoms with Gasteiger partial charge in [0.15, 0.2) is 11.5 Å². The maximum atomic E-state index is 12.5. The van der Waals surface area contributed by atoms with Crippen LogP contribution in [-0.4, -0.2) is 18.9 Å². The summed E-state index contributed by atoms with van der Waals surface area (Å²) in [4.78, 5) is 12.5. The van der Waals surface area contributed by atoms with Crippen LogP contribution < -0.4 is 10.1 Å². The van der Waals surface area contributed by atoms with Crippen LogP contribution in [0.4, 0.5) is 5.69 Å². The Morgan fingerprint density at radius 3 is 2.95 bits per heavy atom. The third-order valence-electron chi connectivity index (χ3n) is 3.43. The second kappa shape index (κ2) is 5.37. The minimum absolute atomic E-state index is 0.0937. The van der Waals surface area contributed by atoms with Gasteiger partial charge in [-0.25, -0.2) is 0 Å². The summed E-state index contributed by atoms with van der Waals surface area (Å²) in [6, 6.07) is 13.7. The molecule has 0 fully saturated rings. The molecular formula is C17H17NO2. The van der Waals surface area contributed by atoms with Gasteiger partial charge < -0.3 is 10.1 Å². The van der Waals surface area contributed by atoms with Gasteiger partial charge in [0.05, 0.1) is 11.3 Å². The van der Waals surface area contributed by atoms with Gasteiger partial charge in [-0.1, -0.05) is 35.9 Å². The van der Waals surface area contributed by atoms with E-state index in [2.05, 4.69) is 5.32 Å². The van der Waals surface area contributed by atoms with Crippen molar-refractivity contribution >= 4 is 11.5 Å². The quantitative estimate of drug-likeness (QED) is 0.868. The highest BCUT2D eigenvalue weighted by molar-refractivity contribution is 6.01. The molecule has 0 spiro atoms. The second-order valence-electron chi connectivity index (χ2n) is 5.05. The molecule has 1 aliphatic rings. The van der Waals surface area contributed by atoms with Crippen LogP contribution in [0.25, 0.3) is 0 Å². The smallest absolute Gasteiger partial charge is 0.171 e. The summed E-state index contributed by atoms with van der Waals surface area (Å²) >= 11 is 0. The number of aryl methyl sites for hydroxylation is 1. The van der Waals surface area contributed by atoms with Gasteiger partial charge in [0.25, 0.3) is 0 Å². The third-order valence-corrected chi connectivity index (χ3v) is 3.43. The van der Waals surface area contributed by atoms with E-state index >= 15 is 0 Å². The Bertz CT molecular complexity index is 649. The Balaban J connectivity index is 1.88. The van der Waals surface area contributed by atoms with E-state index in [0.717, 1.165) is 17.8 Å². The van der Waals surface area contributed by atoms with Crippen LogP contribution in [0.2, 0.25) is 0 Å². The predicted molar refractivity (Wildman–Crippen MR) is 79.6 cm³/mol. The zero-order valence-corrected chi connectivity index (χ0v) is 11.5. The zero-order valence-electron chi connectivity index (χ0n) is 11.5. The van der Waals surface area contributed by atoms with Crippen molar-refractivity contribution in [2.24, 2.45) is 0 Å². The molecule has 1 heterocycles. The number of para-hydroxylation sites is 1. The fourth-order valence-corrected chi connectivity index (χ4v) is 2.49. The number of hydrogen-bond acceptors (Lipinski definition) is 3. The third kappa shape index (κ3) is 2.52. The van der Waals surface area contributed by atoms with Crippen molar-refractivity contribution in [3.63, 3.8) is 0 Å². The largest absolute Gasteiger partial charge is 0.489 e. The Hall–Kier alpha value is -2.29. The minimum atomic E-state index is 0.0937. The van der Waals surface area contributed by atoms with Gasteiger partial charge in [-0.15, -0.1) is 0 Å². The lowest BCUT2D eigenvalue weighted by Gasteiger charge is -2.21. The van der Waals surface area contributed by atoms with E-state index < -0.39 is 0 Å². The number of hydrogen-bond donors (Lipinski definition) is 1. The lowest BCUT2D eigenvalue weighted by Crippen LogP contribution is -2.20. The lowest BCUT2D eigenvalue weighted by atomic mass is 10.00. The van der Waals surface area contributed by atoms with Gasteiger partial charge >= 0.3 is 0 Å². The fourth-order valence-electron chi connectivity index (χ4n) is 2.49. The van der Waals surface area contributed by atoms with Crippen LogP contribution in [-0.2, 0) is 6.42 Å². The van der Waals surface area contributed by atoms with Crippen molar-refractivity contribution in [3.8, 4) is 5.75 Å². The summed E-state index contributed by atoms with van der Waals surface area (Å²) < 4.78 is 5.65. The second-order valence-corrected chi connectivity index (χ2v) is 5.05. The van der Waals surface area contributed by atoms with Crippen molar-refractivity contribution in [2.75, 3.05) is 18.5 Å². The monoisotopic (exact) mass is 267 g/mol. The molecular weight excluding hydrogens is 250 g/mol. The molecule has 102 valence electrons. The average molecular weight is 267 g/mol. The highest BCUT2D eigenvalue weighted by Gasteiger charge is 2.18. The molecule has 3 nitrogen and oxygen atoms in total. The predicted octanol–water partition coefficient (Wildman–Crippen LogP) is 3.22. The van der Waals surface area contributed by atoms with Crippen LogP contribution in [0, 0.1) is 6.92 Å². The maximum absolute atomic E-state index is 12.5. The van der Waals surface area contributed by atoms with Crippen molar-refractivity contribution in [3.05, 3.63) is 59.2 Å². The lowest BCUT2D eigenvalue weighted by molar-refractivity contribution is 0.0989. The minimum Gasteiger partial charge on any atom is -0.489 e. The van der Waals surface area contributed by atoms with Crippen LogP contribution >= 0.6 is 0 Å². The standard InChI is InChI=1S/C17H17NO2/c1-12-4-2-5-13(10-12)11-16(19)14-6-3-7-15-17(14)20-9-8-18-15/h2-7,10,18H,8-9,11H2,1H3. The molecule has 1 N–H and O–H groups in total. The molecule has 2 aromatic carbocycles. The Kier molecular flexibility index (Phi) is 3.42. The molecule has 2 aromatic rings. The Labute approximate surface area is 118 Å². The molecule has 0 aromatic heterocycles. The van der Waals surface area contributed by atoms with Crippen molar-refractivity contribution < 1.29 is 9.53 Å². The van der Waals surface area contributed by atoms with Crippen molar-refractivity contribution in [1.82, 2.24) is 0 Å². The summed E-state index contributed by atoms with van der Waals surface area (Å²) in [7, 11) is 0. The normalized spacial score (nSPS) is 13.1. The van der Waals surface area contributed by atoms with Crippen LogP contribution in [0.3, 0.4) is 0 Å². The van der Waals surface area contributed by atoms with E-state index in [4.69, 9.17) is 4.74 Å². The molecule has 0 saturated heterocycles. The van der Waals surface area contributed by atoms with Gasteiger partial charge in [-0.05, 0) is 24.6 Å². The zero-order chi connectivity index (χ0) is 13.9. The molecule has 0 saturated carbocycles. The molecule has 1 aliphatic heterocycles. The topological polar surface area (TPSA) is 38.3 Å². The first kappa shape index (κ1) is 12.7. The summed E-state index contributed by atoms with van der Waals surface area (Å²) in [5.41, 5.74) is 3.78. The van der Waals surface area contributed by atoms with E-state index in [-0.39, 0.29) is 5.78 Å². The summed E-state index contributed by atoms with van der Waals surface area (Å²) in [6.07, 6.45) is 0.404. The number of ketones is 1. The van der Waals surface area contributed by atoms with Crippen molar-refractivity contribution in [1.29, 1.82) is 0 Å². The Morgan fingerprint density at radius 2 is 2.10 bits per heavy atom. The van der Waals surface area contributed by atoms with Crippen LogP contribution in [0.15, 0.2) is 42.5 Å². The highest BCUT2D eigenvalue weighted by Crippen LogP contribution is 2.32. The van der Waals surface area contributed by atoms with Crippen LogP contribution in [0.5, 0.6) is 5.75 Å². The molecule has 0 amide bonds. The summed E-state index contributed by atoms with van der Waals surface area (Å²) in [5.74, 6) is 0.785. The molecule has 0 aliphatic carbocycles. The van der Waals surface area contributed by atoms with Crippen LogP contribution in [0.1, 0.15) is 21.5 Å². The first-order valence-corrected chi connectivity index (χ1v) is 6.82. The van der Waals surface area contributed by atoms with Gasteiger partial charge in [0.1, 0.15) is 6.61 Å². The molecule has 20 heavy (non-hydrogen) atoms. The van der Waals surface area contributed by atoms with Crippen molar-refractivity contribution in [2.45, 2.75) is 13.3 Å². The number of Topliss-reactive ketones (excluding diaryl/α,β-unsaturated/α-hetero) is 1. The highest BCUT2D eigenvalue weighted by atomic mass is 16.5. The van der Waals surface area contributed by atoms with E-state index in [1.807, 2.05) is 49.4 Å². The molecule has 3 heteroatoms. The van der Waals surface area contributed by atoms with Gasteiger partial charge in [0, 0.05) is 13.0 Å². The van der Waals surface area contributed by atoms with E-state index in [1.54, 1.807) is 0 Å². The Morgan fingerprint density at radius 1 is 1.25 bits per heavy atom. The molecule has 0 unspecified atom stereocenters. The SMILES string of the molecule is Cc1cccc(CC(=O)c2cccc3c2OCCN3)c1. The number of carbonyl (C=O) groups excluding carboxylic acids is 1.